The lowest BCUT2D eigenvalue weighted by Crippen LogP contribution is -2.37. The highest BCUT2D eigenvalue weighted by Gasteiger charge is 2.22. The molecule has 0 saturated carbocycles. The van der Waals surface area contributed by atoms with Crippen molar-refractivity contribution in [3.8, 4) is 0 Å². The Morgan fingerprint density at radius 2 is 0.692 bits per heavy atom. The van der Waals surface area contributed by atoms with Crippen LogP contribution in [0, 0.1) is 0 Å². The van der Waals surface area contributed by atoms with Gasteiger partial charge in [-0.2, -0.15) is 0 Å². The zero-order chi connectivity index (χ0) is 57.0. The lowest BCUT2D eigenvalue weighted by molar-refractivity contribution is -0.870. The molecule has 0 amide bonds. The van der Waals surface area contributed by atoms with Crippen molar-refractivity contribution in [2.24, 2.45) is 0 Å². The van der Waals surface area contributed by atoms with Gasteiger partial charge in [0.1, 0.15) is 19.8 Å². The number of esters is 2. The SMILES string of the molecule is CCCCCCC/C=C\C/C=C\C/C=C\CCCCCCCCCCCCCCC(=O)OCC(COP(=O)([O-])OCC[N+](C)(C)C)OC(=O)CCCCCCCCCCCCCC/C=C\C/C=C\C/C=C\CCCCCCC. The summed E-state index contributed by atoms with van der Waals surface area (Å²) in [6.07, 6.45) is 78.1. The van der Waals surface area contributed by atoms with Gasteiger partial charge >= 0.3 is 11.9 Å². The smallest absolute Gasteiger partial charge is 0.306 e. The van der Waals surface area contributed by atoms with E-state index >= 15 is 0 Å². The molecule has 0 aromatic heterocycles. The molecule has 0 radical (unpaired) electrons. The monoisotopic (exact) mass is 1110 g/mol. The third kappa shape index (κ3) is 62.6. The minimum atomic E-state index is -4.64. The van der Waals surface area contributed by atoms with Gasteiger partial charge in [0.2, 0.25) is 0 Å². The number of phosphoric ester groups is 1. The fraction of sp³-hybridized carbons (Fsp3) is 0.794. The second-order valence-corrected chi connectivity index (χ2v) is 24.5. The molecule has 0 bridgehead atoms. The van der Waals surface area contributed by atoms with Crippen molar-refractivity contribution in [3.63, 3.8) is 0 Å². The summed E-state index contributed by atoms with van der Waals surface area (Å²) in [5, 5.41) is 0. The number of rotatable bonds is 60. The lowest BCUT2D eigenvalue weighted by atomic mass is 10.0. The maximum absolute atomic E-state index is 12.8. The first-order chi connectivity index (χ1) is 38.0. The number of carbonyl (C=O) groups is 2. The molecule has 0 aromatic carbocycles. The Hall–Kier alpha value is -2.55. The van der Waals surface area contributed by atoms with Crippen LogP contribution in [-0.4, -0.2) is 70.0 Å². The minimum Gasteiger partial charge on any atom is -0.756 e. The van der Waals surface area contributed by atoms with Crippen LogP contribution in [0.25, 0.3) is 0 Å². The normalized spacial score (nSPS) is 13.7. The average molecular weight is 1110 g/mol. The Kier molecular flexibility index (Phi) is 57.2. The van der Waals surface area contributed by atoms with Crippen LogP contribution in [0.3, 0.4) is 0 Å². The van der Waals surface area contributed by atoms with Crippen LogP contribution < -0.4 is 4.89 Å². The van der Waals surface area contributed by atoms with Crippen LogP contribution in [0.15, 0.2) is 72.9 Å². The van der Waals surface area contributed by atoms with E-state index in [-0.39, 0.29) is 32.0 Å². The van der Waals surface area contributed by atoms with E-state index in [1.165, 1.54) is 199 Å². The van der Waals surface area contributed by atoms with Crippen LogP contribution in [0.1, 0.15) is 296 Å². The first-order valence-electron chi connectivity index (χ1n) is 32.6. The first kappa shape index (κ1) is 75.5. The topological polar surface area (TPSA) is 111 Å². The van der Waals surface area contributed by atoms with Crippen molar-refractivity contribution in [1.29, 1.82) is 0 Å². The summed E-state index contributed by atoms with van der Waals surface area (Å²) >= 11 is 0. The number of phosphoric acid groups is 1. The van der Waals surface area contributed by atoms with Crippen molar-refractivity contribution in [3.05, 3.63) is 72.9 Å². The highest BCUT2D eigenvalue weighted by atomic mass is 31.2. The fourth-order valence-corrected chi connectivity index (χ4v) is 9.87. The summed E-state index contributed by atoms with van der Waals surface area (Å²) in [7, 11) is 1.17. The fourth-order valence-electron chi connectivity index (χ4n) is 9.14. The molecule has 0 aliphatic heterocycles. The Labute approximate surface area is 482 Å². The maximum Gasteiger partial charge on any atom is 0.306 e. The van der Waals surface area contributed by atoms with Crippen LogP contribution in [0.2, 0.25) is 0 Å². The molecule has 0 aliphatic carbocycles. The zero-order valence-electron chi connectivity index (χ0n) is 51.6. The molecular weight excluding hydrogens is 990 g/mol. The van der Waals surface area contributed by atoms with Crippen molar-refractivity contribution in [2.75, 3.05) is 47.5 Å². The van der Waals surface area contributed by atoms with E-state index in [4.69, 9.17) is 18.5 Å². The Morgan fingerprint density at radius 3 is 1.03 bits per heavy atom. The molecule has 0 heterocycles. The van der Waals surface area contributed by atoms with E-state index in [0.29, 0.717) is 17.4 Å². The minimum absolute atomic E-state index is 0.0333. The van der Waals surface area contributed by atoms with E-state index in [0.717, 1.165) is 64.2 Å². The molecule has 0 fully saturated rings. The van der Waals surface area contributed by atoms with Gasteiger partial charge in [-0.3, -0.25) is 14.2 Å². The van der Waals surface area contributed by atoms with Crippen molar-refractivity contribution >= 4 is 19.8 Å². The lowest BCUT2D eigenvalue weighted by Gasteiger charge is -2.28. The summed E-state index contributed by atoms with van der Waals surface area (Å²) in [6, 6.07) is 0. The van der Waals surface area contributed by atoms with E-state index in [1.807, 2.05) is 21.1 Å². The quantitative estimate of drug-likeness (QED) is 0.0195. The van der Waals surface area contributed by atoms with Crippen molar-refractivity contribution in [1.82, 2.24) is 0 Å². The molecule has 0 N–H and O–H groups in total. The molecular formula is C68H124NO8P. The number of allylic oxidation sites excluding steroid dienone is 12. The second kappa shape index (κ2) is 59.1. The first-order valence-corrected chi connectivity index (χ1v) is 34.1. The third-order valence-corrected chi connectivity index (χ3v) is 15.2. The Balaban J connectivity index is 4.11. The van der Waals surface area contributed by atoms with Crippen LogP contribution >= 0.6 is 7.82 Å². The number of hydrogen-bond acceptors (Lipinski definition) is 8. The van der Waals surface area contributed by atoms with E-state index in [9.17, 15) is 19.0 Å². The number of likely N-dealkylation sites (N-methyl/N-ethyl adjacent to an activating group) is 1. The van der Waals surface area contributed by atoms with Crippen LogP contribution in [-0.2, 0) is 32.7 Å². The summed E-state index contributed by atoms with van der Waals surface area (Å²) in [6.45, 7) is 4.24. The number of hydrogen-bond donors (Lipinski definition) is 0. The van der Waals surface area contributed by atoms with Gasteiger partial charge in [-0.05, 0) is 89.9 Å². The number of carbonyl (C=O) groups excluding carboxylic acids is 2. The van der Waals surface area contributed by atoms with Gasteiger partial charge in [0, 0.05) is 12.8 Å². The Morgan fingerprint density at radius 1 is 0.397 bits per heavy atom. The van der Waals surface area contributed by atoms with Crippen LogP contribution in [0.4, 0.5) is 0 Å². The molecule has 0 spiro atoms. The largest absolute Gasteiger partial charge is 0.756 e. The Bertz CT molecular complexity index is 1550. The van der Waals surface area contributed by atoms with Gasteiger partial charge in [0.25, 0.3) is 7.82 Å². The highest BCUT2D eigenvalue weighted by molar-refractivity contribution is 7.45. The van der Waals surface area contributed by atoms with Gasteiger partial charge in [-0.15, -0.1) is 0 Å². The van der Waals surface area contributed by atoms with Gasteiger partial charge in [0.15, 0.2) is 6.10 Å². The molecule has 10 heteroatoms. The van der Waals surface area contributed by atoms with Gasteiger partial charge in [-0.25, -0.2) is 0 Å². The number of ether oxygens (including phenoxy) is 2. The molecule has 2 atom stereocenters. The van der Waals surface area contributed by atoms with E-state index in [1.54, 1.807) is 0 Å². The van der Waals surface area contributed by atoms with Crippen molar-refractivity contribution < 1.29 is 42.1 Å². The maximum atomic E-state index is 12.8. The predicted molar refractivity (Wildman–Crippen MR) is 333 cm³/mol. The zero-order valence-corrected chi connectivity index (χ0v) is 52.5. The molecule has 9 nitrogen and oxygen atoms in total. The summed E-state index contributed by atoms with van der Waals surface area (Å²) in [4.78, 5) is 38.0. The summed E-state index contributed by atoms with van der Waals surface area (Å²) in [5.74, 6) is -0.830. The van der Waals surface area contributed by atoms with E-state index in [2.05, 4.69) is 86.8 Å². The van der Waals surface area contributed by atoms with Gasteiger partial charge in [-0.1, -0.05) is 267 Å². The predicted octanol–water partition coefficient (Wildman–Crippen LogP) is 20.2. The number of quaternary nitrogens is 1. The molecule has 0 rings (SSSR count). The third-order valence-electron chi connectivity index (χ3n) is 14.2. The highest BCUT2D eigenvalue weighted by Crippen LogP contribution is 2.38. The second-order valence-electron chi connectivity index (χ2n) is 23.1. The molecule has 2 unspecified atom stereocenters. The number of unbranched alkanes of at least 4 members (excludes halogenated alkanes) is 34. The summed E-state index contributed by atoms with van der Waals surface area (Å²) in [5.41, 5.74) is 0. The number of nitrogens with zero attached hydrogens (tertiary/aromatic N) is 1. The molecule has 0 saturated heterocycles. The van der Waals surface area contributed by atoms with Gasteiger partial charge in [0.05, 0.1) is 27.7 Å². The van der Waals surface area contributed by atoms with Gasteiger partial charge < -0.3 is 27.9 Å². The van der Waals surface area contributed by atoms with Crippen molar-refractivity contribution in [2.45, 2.75) is 302 Å². The molecule has 454 valence electrons. The summed E-state index contributed by atoms with van der Waals surface area (Å²) < 4.78 is 34.3. The standard InChI is InChI=1S/C68H124NO8P/c1-6-8-10-12-14-16-18-20-22-24-26-28-30-32-34-36-38-40-42-44-46-48-50-52-54-56-58-60-67(70)74-64-66(65-76-78(72,73)75-63-62-69(3,4)5)77-68(71)61-59-57-55-53-51-49-47-45-43-41-39-37-35-33-31-29-27-25-23-21-19-17-15-13-11-9-7-2/h18-21,24-27,30-33,66H,6-17,22-23,28-29,34-65H2,1-5H3/b20-18-,21-19-,26-24-,27-25-,32-30-,33-31-. The molecule has 78 heavy (non-hydrogen) atoms. The average Bonchev–Trinajstić information content (AvgIpc) is 3.41. The van der Waals surface area contributed by atoms with Crippen LogP contribution in [0.5, 0.6) is 0 Å². The van der Waals surface area contributed by atoms with E-state index < -0.39 is 26.5 Å². The molecule has 0 aliphatic rings. The molecule has 0 aromatic rings.